The summed E-state index contributed by atoms with van der Waals surface area (Å²) in [6.07, 6.45) is 1.76. The molecule has 0 spiro atoms. The average Bonchev–Trinajstić information content (AvgIpc) is 2.81. The van der Waals surface area contributed by atoms with Crippen molar-refractivity contribution in [3.63, 3.8) is 0 Å². The average molecular weight is 287 g/mol. The zero-order chi connectivity index (χ0) is 12.0. The van der Waals surface area contributed by atoms with Gasteiger partial charge in [0.2, 0.25) is 0 Å². The quantitative estimate of drug-likeness (QED) is 0.872. The van der Waals surface area contributed by atoms with Crippen LogP contribution in [0.4, 0.5) is 0 Å². The van der Waals surface area contributed by atoms with Gasteiger partial charge in [0.1, 0.15) is 10.1 Å². The molecule has 1 aliphatic rings. The van der Waals surface area contributed by atoms with Crippen molar-refractivity contribution in [2.45, 2.75) is 19.3 Å². The molecule has 17 heavy (non-hydrogen) atoms. The molecule has 6 heteroatoms. The molecule has 2 heterocycles. The second-order valence-corrected chi connectivity index (χ2v) is 6.27. The number of hydrogen-bond donors (Lipinski definition) is 1. The van der Waals surface area contributed by atoms with Crippen LogP contribution in [0.25, 0.3) is 11.3 Å². The number of nitrogens with one attached hydrogen (secondary N) is 1. The molecule has 2 aromatic rings. The van der Waals surface area contributed by atoms with Crippen molar-refractivity contribution in [3.8, 4) is 11.3 Å². The van der Waals surface area contributed by atoms with E-state index in [4.69, 9.17) is 23.2 Å². The fraction of sp³-hybridized carbons (Fsp3) is 0.273. The summed E-state index contributed by atoms with van der Waals surface area (Å²) in [4.78, 5) is 11.5. The fourth-order valence-corrected chi connectivity index (χ4v) is 3.54. The number of aryl methyl sites for hydroxylation is 1. The minimum Gasteiger partial charge on any atom is -0.299 e. The van der Waals surface area contributed by atoms with E-state index in [1.807, 2.05) is 0 Å². The second kappa shape index (κ2) is 4.12. The Bertz CT molecular complexity index is 603. The largest absolute Gasteiger partial charge is 0.299 e. The summed E-state index contributed by atoms with van der Waals surface area (Å²) in [6.45, 7) is 0. The number of aromatic nitrogens is 2. The van der Waals surface area contributed by atoms with Gasteiger partial charge in [0, 0.05) is 29.7 Å². The lowest BCUT2D eigenvalue weighted by atomic mass is 9.93. The van der Waals surface area contributed by atoms with Gasteiger partial charge in [-0.1, -0.05) is 23.2 Å². The Morgan fingerprint density at radius 3 is 2.88 bits per heavy atom. The Morgan fingerprint density at radius 1 is 1.35 bits per heavy atom. The van der Waals surface area contributed by atoms with Crippen LogP contribution >= 0.6 is 34.5 Å². The topological polar surface area (TPSA) is 45.8 Å². The number of H-pyrrole nitrogens is 1. The number of rotatable bonds is 1. The van der Waals surface area contributed by atoms with Crippen LogP contribution in [0.5, 0.6) is 0 Å². The third kappa shape index (κ3) is 1.90. The number of aromatic amines is 1. The van der Waals surface area contributed by atoms with E-state index in [-0.39, 0.29) is 5.78 Å². The number of nitrogens with zero attached hydrogens (tertiary/aromatic N) is 1. The first-order valence-corrected chi connectivity index (χ1v) is 6.75. The van der Waals surface area contributed by atoms with Crippen LogP contribution in [-0.2, 0) is 17.6 Å². The van der Waals surface area contributed by atoms with Crippen molar-refractivity contribution in [3.05, 3.63) is 26.0 Å². The van der Waals surface area contributed by atoms with Gasteiger partial charge >= 0.3 is 0 Å². The van der Waals surface area contributed by atoms with E-state index in [0.29, 0.717) is 21.5 Å². The number of halogens is 2. The number of hydrogen-bond acceptors (Lipinski definition) is 3. The lowest BCUT2D eigenvalue weighted by molar-refractivity contribution is -0.118. The van der Waals surface area contributed by atoms with Crippen molar-refractivity contribution < 1.29 is 4.79 Å². The maximum atomic E-state index is 11.5. The predicted molar refractivity (Wildman–Crippen MR) is 69.0 cm³/mol. The number of carbonyl (C=O) groups is 1. The van der Waals surface area contributed by atoms with Crippen molar-refractivity contribution in [1.29, 1.82) is 0 Å². The number of Topliss-reactive ketones (excluding diaryl/α,β-unsaturated/α-hetero) is 1. The Morgan fingerprint density at radius 2 is 2.18 bits per heavy atom. The van der Waals surface area contributed by atoms with Crippen molar-refractivity contribution >= 4 is 40.3 Å². The Hall–Kier alpha value is -0.840. The number of fused-ring (bicyclic) bond motifs is 1. The fourth-order valence-electron chi connectivity index (χ4n) is 2.07. The van der Waals surface area contributed by atoms with Crippen LogP contribution in [0.15, 0.2) is 6.07 Å². The first-order chi connectivity index (χ1) is 8.15. The molecule has 0 amide bonds. The molecule has 0 bridgehead atoms. The van der Waals surface area contributed by atoms with E-state index >= 15 is 0 Å². The molecular weight excluding hydrogens is 279 g/mol. The predicted octanol–water partition coefficient (Wildman–Crippen LogP) is 3.50. The van der Waals surface area contributed by atoms with Gasteiger partial charge in [-0.15, -0.1) is 11.3 Å². The van der Waals surface area contributed by atoms with Gasteiger partial charge in [-0.2, -0.15) is 5.10 Å². The minimum atomic E-state index is 0.248. The Kier molecular flexibility index (Phi) is 2.73. The molecule has 3 rings (SSSR count). The number of thiophene rings is 1. The van der Waals surface area contributed by atoms with Gasteiger partial charge in [0.05, 0.1) is 10.0 Å². The summed E-state index contributed by atoms with van der Waals surface area (Å²) >= 11 is 13.3. The molecule has 88 valence electrons. The molecule has 0 saturated carbocycles. The molecule has 0 saturated heterocycles. The van der Waals surface area contributed by atoms with Crippen LogP contribution < -0.4 is 0 Å². The van der Waals surface area contributed by atoms with Gasteiger partial charge < -0.3 is 0 Å². The maximum absolute atomic E-state index is 11.5. The summed E-state index contributed by atoms with van der Waals surface area (Å²) in [6, 6.07) is 1.80. The SMILES string of the molecule is O=C1CCc2[nH]nc(-c3cc(Cl)sc3Cl)c2C1. The highest BCUT2D eigenvalue weighted by molar-refractivity contribution is 7.20. The van der Waals surface area contributed by atoms with Crippen molar-refractivity contribution in [2.75, 3.05) is 0 Å². The van der Waals surface area contributed by atoms with Crippen LogP contribution in [-0.4, -0.2) is 16.0 Å². The molecule has 0 atom stereocenters. The Balaban J connectivity index is 2.13. The lowest BCUT2D eigenvalue weighted by Gasteiger charge is -2.10. The van der Waals surface area contributed by atoms with E-state index in [9.17, 15) is 4.79 Å². The van der Waals surface area contributed by atoms with Crippen LogP contribution in [0.1, 0.15) is 17.7 Å². The van der Waals surface area contributed by atoms with E-state index in [1.54, 1.807) is 6.07 Å². The smallest absolute Gasteiger partial charge is 0.137 e. The highest BCUT2D eigenvalue weighted by Crippen LogP contribution is 2.40. The monoisotopic (exact) mass is 286 g/mol. The lowest BCUT2D eigenvalue weighted by Crippen LogP contribution is -2.12. The standard InChI is InChI=1S/C11H8Cl2N2OS/c12-9-4-7(11(13)17-9)10-6-3-5(16)1-2-8(6)14-15-10/h4H,1-3H2,(H,14,15). The zero-order valence-electron chi connectivity index (χ0n) is 8.72. The first kappa shape index (κ1) is 11.3. The number of ketones is 1. The zero-order valence-corrected chi connectivity index (χ0v) is 11.0. The van der Waals surface area contributed by atoms with Crippen molar-refractivity contribution in [2.24, 2.45) is 0 Å². The highest BCUT2D eigenvalue weighted by atomic mass is 35.5. The maximum Gasteiger partial charge on any atom is 0.137 e. The van der Waals surface area contributed by atoms with Crippen molar-refractivity contribution in [1.82, 2.24) is 10.2 Å². The first-order valence-electron chi connectivity index (χ1n) is 5.18. The molecule has 0 aromatic carbocycles. The number of carbonyl (C=O) groups excluding carboxylic acids is 1. The van der Waals surface area contributed by atoms with Crippen LogP contribution in [0.2, 0.25) is 8.67 Å². The molecule has 3 nitrogen and oxygen atoms in total. The van der Waals surface area contributed by atoms with E-state index in [0.717, 1.165) is 28.9 Å². The van der Waals surface area contributed by atoms with Gasteiger partial charge in [0.15, 0.2) is 0 Å². The molecule has 0 radical (unpaired) electrons. The summed E-state index contributed by atoms with van der Waals surface area (Å²) in [5, 5.41) is 7.25. The normalized spacial score (nSPS) is 15.1. The van der Waals surface area contributed by atoms with Gasteiger partial charge in [-0.05, 0) is 12.5 Å². The summed E-state index contributed by atoms with van der Waals surface area (Å²) in [7, 11) is 0. The van der Waals surface area contributed by atoms with Crippen LogP contribution in [0.3, 0.4) is 0 Å². The van der Waals surface area contributed by atoms with Crippen LogP contribution in [0, 0.1) is 0 Å². The third-order valence-electron chi connectivity index (χ3n) is 2.89. The molecule has 0 aliphatic heterocycles. The second-order valence-electron chi connectivity index (χ2n) is 3.98. The molecular formula is C11H8Cl2N2OS. The van der Waals surface area contributed by atoms with E-state index in [1.165, 1.54) is 11.3 Å². The summed E-state index contributed by atoms with van der Waals surface area (Å²) < 4.78 is 1.24. The summed E-state index contributed by atoms with van der Waals surface area (Å²) in [5.74, 6) is 0.248. The van der Waals surface area contributed by atoms with Gasteiger partial charge in [-0.25, -0.2) is 0 Å². The van der Waals surface area contributed by atoms with E-state index in [2.05, 4.69) is 10.2 Å². The molecule has 0 unspecified atom stereocenters. The molecule has 1 aliphatic carbocycles. The highest BCUT2D eigenvalue weighted by Gasteiger charge is 2.24. The summed E-state index contributed by atoms with van der Waals surface area (Å²) in [5.41, 5.74) is 3.59. The molecule has 2 aromatic heterocycles. The molecule has 1 N–H and O–H groups in total. The Labute approximate surface area is 112 Å². The van der Waals surface area contributed by atoms with Gasteiger partial charge in [-0.3, -0.25) is 9.89 Å². The minimum absolute atomic E-state index is 0.248. The van der Waals surface area contributed by atoms with E-state index < -0.39 is 0 Å². The van der Waals surface area contributed by atoms with Gasteiger partial charge in [0.25, 0.3) is 0 Å². The molecule has 0 fully saturated rings. The third-order valence-corrected chi connectivity index (χ3v) is 4.38.